The zero-order valence-corrected chi connectivity index (χ0v) is 14.0. The Morgan fingerprint density at radius 1 is 1.17 bits per heavy atom. The molecule has 1 aliphatic heterocycles. The van der Waals surface area contributed by atoms with Crippen molar-refractivity contribution in [2.45, 2.75) is 19.8 Å². The molecular formula is C18H22N4O2. The molecule has 0 spiro atoms. The Labute approximate surface area is 141 Å². The fourth-order valence-electron chi connectivity index (χ4n) is 2.70. The maximum absolute atomic E-state index is 12.2. The molecule has 0 atom stereocenters. The molecule has 0 radical (unpaired) electrons. The van der Waals surface area contributed by atoms with Crippen LogP contribution in [0.3, 0.4) is 0 Å². The van der Waals surface area contributed by atoms with Gasteiger partial charge in [-0.25, -0.2) is 9.97 Å². The molecule has 24 heavy (non-hydrogen) atoms. The molecule has 6 nitrogen and oxygen atoms in total. The number of benzene rings is 1. The molecule has 1 fully saturated rings. The number of amides is 1. The van der Waals surface area contributed by atoms with Crippen LogP contribution in [0.25, 0.3) is 0 Å². The standard InChI is InChI=1S/C18H22N4O2/c1-13-7-9-22(10-8-13)18-19-11-15(12-20-18)21-17(23)14-3-5-16(24-2)6-4-14/h3-6,11-13H,7-10H2,1-2H3,(H,21,23). The van der Waals surface area contributed by atoms with Crippen LogP contribution >= 0.6 is 0 Å². The SMILES string of the molecule is COc1ccc(C(=O)Nc2cnc(N3CCC(C)CC3)nc2)cc1. The molecule has 1 N–H and O–H groups in total. The minimum atomic E-state index is -0.194. The minimum absolute atomic E-state index is 0.194. The molecule has 1 aliphatic rings. The first-order chi connectivity index (χ1) is 11.7. The van der Waals surface area contributed by atoms with Crippen LogP contribution < -0.4 is 15.0 Å². The van der Waals surface area contributed by atoms with Gasteiger partial charge in [0.1, 0.15) is 5.75 Å². The number of nitrogens with one attached hydrogen (secondary N) is 1. The molecule has 0 saturated carbocycles. The predicted octanol–water partition coefficient (Wildman–Crippen LogP) is 2.97. The Bertz CT molecular complexity index is 677. The van der Waals surface area contributed by atoms with Crippen LogP contribution in [0.5, 0.6) is 5.75 Å². The number of carbonyl (C=O) groups excluding carboxylic acids is 1. The normalized spacial score (nSPS) is 15.2. The van der Waals surface area contributed by atoms with Crippen molar-refractivity contribution in [2.75, 3.05) is 30.4 Å². The molecule has 0 unspecified atom stereocenters. The second-order valence-corrected chi connectivity index (χ2v) is 6.12. The number of carbonyl (C=O) groups is 1. The van der Waals surface area contributed by atoms with Crippen molar-refractivity contribution in [3.05, 3.63) is 42.2 Å². The second kappa shape index (κ2) is 7.29. The highest BCUT2D eigenvalue weighted by atomic mass is 16.5. The molecule has 0 bridgehead atoms. The van der Waals surface area contributed by atoms with Gasteiger partial charge in [0.05, 0.1) is 25.2 Å². The minimum Gasteiger partial charge on any atom is -0.497 e. The summed E-state index contributed by atoms with van der Waals surface area (Å²) in [6.07, 6.45) is 5.64. The van der Waals surface area contributed by atoms with Gasteiger partial charge in [0.2, 0.25) is 5.95 Å². The van der Waals surface area contributed by atoms with E-state index in [4.69, 9.17) is 4.74 Å². The van der Waals surface area contributed by atoms with E-state index in [1.165, 1.54) is 12.8 Å². The van der Waals surface area contributed by atoms with Crippen molar-refractivity contribution in [3.8, 4) is 5.75 Å². The third kappa shape index (κ3) is 3.82. The van der Waals surface area contributed by atoms with Crippen LogP contribution in [0.15, 0.2) is 36.7 Å². The van der Waals surface area contributed by atoms with Crippen molar-refractivity contribution in [2.24, 2.45) is 5.92 Å². The average molecular weight is 326 g/mol. The average Bonchev–Trinajstić information content (AvgIpc) is 2.63. The van der Waals surface area contributed by atoms with Crippen LogP contribution in [0.1, 0.15) is 30.1 Å². The monoisotopic (exact) mass is 326 g/mol. The van der Waals surface area contributed by atoms with Crippen molar-refractivity contribution in [3.63, 3.8) is 0 Å². The summed E-state index contributed by atoms with van der Waals surface area (Å²) in [6, 6.07) is 6.95. The molecule has 1 aromatic heterocycles. The quantitative estimate of drug-likeness (QED) is 0.935. The molecule has 126 valence electrons. The van der Waals surface area contributed by atoms with Gasteiger partial charge < -0.3 is 15.0 Å². The molecule has 1 amide bonds. The van der Waals surface area contributed by atoms with E-state index in [1.54, 1.807) is 43.8 Å². The Kier molecular flexibility index (Phi) is 4.93. The fourth-order valence-corrected chi connectivity index (χ4v) is 2.70. The fraction of sp³-hybridized carbons (Fsp3) is 0.389. The first-order valence-corrected chi connectivity index (χ1v) is 8.18. The molecule has 2 heterocycles. The summed E-state index contributed by atoms with van der Waals surface area (Å²) in [4.78, 5) is 23.2. The number of aromatic nitrogens is 2. The molecule has 2 aromatic rings. The van der Waals surface area contributed by atoms with Gasteiger partial charge in [0.15, 0.2) is 0 Å². The maximum atomic E-state index is 12.2. The van der Waals surface area contributed by atoms with E-state index in [0.717, 1.165) is 30.7 Å². The van der Waals surface area contributed by atoms with Crippen LogP contribution in [-0.2, 0) is 0 Å². The number of rotatable bonds is 4. The summed E-state index contributed by atoms with van der Waals surface area (Å²) in [6.45, 7) is 4.24. The first kappa shape index (κ1) is 16.2. The number of hydrogen-bond acceptors (Lipinski definition) is 5. The topological polar surface area (TPSA) is 67.3 Å². The van der Waals surface area contributed by atoms with E-state index >= 15 is 0 Å². The van der Waals surface area contributed by atoms with Gasteiger partial charge in [-0.1, -0.05) is 6.92 Å². The van der Waals surface area contributed by atoms with Crippen LogP contribution in [0.2, 0.25) is 0 Å². The zero-order valence-electron chi connectivity index (χ0n) is 14.0. The number of ether oxygens (including phenoxy) is 1. The second-order valence-electron chi connectivity index (χ2n) is 6.12. The smallest absolute Gasteiger partial charge is 0.255 e. The van der Waals surface area contributed by atoms with Gasteiger partial charge in [-0.3, -0.25) is 4.79 Å². The van der Waals surface area contributed by atoms with E-state index in [-0.39, 0.29) is 5.91 Å². The van der Waals surface area contributed by atoms with Gasteiger partial charge in [-0.05, 0) is 43.0 Å². The Morgan fingerprint density at radius 3 is 2.38 bits per heavy atom. The number of methoxy groups -OCH3 is 1. The summed E-state index contributed by atoms with van der Waals surface area (Å²) < 4.78 is 5.09. The maximum Gasteiger partial charge on any atom is 0.255 e. The molecule has 0 aliphatic carbocycles. The van der Waals surface area contributed by atoms with E-state index in [0.29, 0.717) is 11.3 Å². The number of hydrogen-bond donors (Lipinski definition) is 1. The third-order valence-electron chi connectivity index (χ3n) is 4.31. The van der Waals surface area contributed by atoms with E-state index in [9.17, 15) is 4.79 Å². The highest BCUT2D eigenvalue weighted by Gasteiger charge is 2.17. The summed E-state index contributed by atoms with van der Waals surface area (Å²) >= 11 is 0. The van der Waals surface area contributed by atoms with Crippen molar-refractivity contribution < 1.29 is 9.53 Å². The lowest BCUT2D eigenvalue weighted by Gasteiger charge is -2.30. The predicted molar refractivity (Wildman–Crippen MR) is 93.6 cm³/mol. The van der Waals surface area contributed by atoms with E-state index < -0.39 is 0 Å². The third-order valence-corrected chi connectivity index (χ3v) is 4.31. The summed E-state index contributed by atoms with van der Waals surface area (Å²) in [5.74, 6) is 2.02. The van der Waals surface area contributed by atoms with Gasteiger partial charge in [0, 0.05) is 18.7 Å². The molecule has 1 saturated heterocycles. The van der Waals surface area contributed by atoms with Gasteiger partial charge in [-0.15, -0.1) is 0 Å². The van der Waals surface area contributed by atoms with Gasteiger partial charge in [0.25, 0.3) is 5.91 Å². The highest BCUT2D eigenvalue weighted by Crippen LogP contribution is 2.20. The lowest BCUT2D eigenvalue weighted by Crippen LogP contribution is -2.34. The first-order valence-electron chi connectivity index (χ1n) is 8.18. The summed E-state index contributed by atoms with van der Waals surface area (Å²) in [7, 11) is 1.59. The lowest BCUT2D eigenvalue weighted by atomic mass is 10.00. The molecular weight excluding hydrogens is 304 g/mol. The number of piperidine rings is 1. The van der Waals surface area contributed by atoms with E-state index in [1.807, 2.05) is 0 Å². The highest BCUT2D eigenvalue weighted by molar-refractivity contribution is 6.04. The molecule has 1 aromatic carbocycles. The number of anilines is 2. The van der Waals surface area contributed by atoms with Crippen molar-refractivity contribution >= 4 is 17.5 Å². The molecule has 3 rings (SSSR count). The molecule has 6 heteroatoms. The Hall–Kier alpha value is -2.63. The Balaban J connectivity index is 1.62. The van der Waals surface area contributed by atoms with Gasteiger partial charge >= 0.3 is 0 Å². The number of nitrogens with zero attached hydrogens (tertiary/aromatic N) is 3. The van der Waals surface area contributed by atoms with Crippen LogP contribution in [0.4, 0.5) is 11.6 Å². The van der Waals surface area contributed by atoms with Crippen LogP contribution in [0, 0.1) is 5.92 Å². The van der Waals surface area contributed by atoms with Gasteiger partial charge in [-0.2, -0.15) is 0 Å². The van der Waals surface area contributed by atoms with Crippen molar-refractivity contribution in [1.82, 2.24) is 9.97 Å². The zero-order chi connectivity index (χ0) is 16.9. The summed E-state index contributed by atoms with van der Waals surface area (Å²) in [5, 5.41) is 2.81. The largest absolute Gasteiger partial charge is 0.497 e. The Morgan fingerprint density at radius 2 is 1.79 bits per heavy atom. The van der Waals surface area contributed by atoms with Crippen molar-refractivity contribution in [1.29, 1.82) is 0 Å². The lowest BCUT2D eigenvalue weighted by molar-refractivity contribution is 0.102. The summed E-state index contributed by atoms with van der Waals surface area (Å²) in [5.41, 5.74) is 1.15. The van der Waals surface area contributed by atoms with Crippen LogP contribution in [-0.4, -0.2) is 36.1 Å². The van der Waals surface area contributed by atoms with E-state index in [2.05, 4.69) is 27.1 Å².